The minimum absolute atomic E-state index is 0.0382. The SMILES string of the molecule is Cc1cc(NCC(C)C)cc(=O)n1C. The van der Waals surface area contributed by atoms with Crippen LogP contribution in [0.2, 0.25) is 0 Å². The van der Waals surface area contributed by atoms with E-state index in [0.717, 1.165) is 17.9 Å². The molecule has 0 atom stereocenters. The molecular formula is C11H18N2O. The molecule has 0 amide bonds. The lowest BCUT2D eigenvalue weighted by molar-refractivity contribution is 0.688. The summed E-state index contributed by atoms with van der Waals surface area (Å²) in [5, 5.41) is 3.24. The van der Waals surface area contributed by atoms with E-state index in [2.05, 4.69) is 19.2 Å². The van der Waals surface area contributed by atoms with E-state index in [4.69, 9.17) is 0 Å². The second-order valence-corrected chi connectivity index (χ2v) is 4.06. The number of aromatic nitrogens is 1. The fourth-order valence-corrected chi connectivity index (χ4v) is 1.19. The van der Waals surface area contributed by atoms with Crippen LogP contribution in [-0.4, -0.2) is 11.1 Å². The number of nitrogens with zero attached hydrogens (tertiary/aromatic N) is 1. The number of aryl methyl sites for hydroxylation is 1. The van der Waals surface area contributed by atoms with Crippen LogP contribution in [0.5, 0.6) is 0 Å². The Morgan fingerprint density at radius 2 is 2.07 bits per heavy atom. The van der Waals surface area contributed by atoms with E-state index in [1.807, 2.05) is 13.0 Å². The van der Waals surface area contributed by atoms with Gasteiger partial charge >= 0.3 is 0 Å². The van der Waals surface area contributed by atoms with Gasteiger partial charge in [-0.25, -0.2) is 0 Å². The van der Waals surface area contributed by atoms with Crippen molar-refractivity contribution < 1.29 is 0 Å². The normalized spacial score (nSPS) is 10.6. The largest absolute Gasteiger partial charge is 0.385 e. The van der Waals surface area contributed by atoms with Crippen molar-refractivity contribution in [3.63, 3.8) is 0 Å². The highest BCUT2D eigenvalue weighted by molar-refractivity contribution is 5.43. The molecule has 0 spiro atoms. The third kappa shape index (κ3) is 2.62. The third-order valence-electron chi connectivity index (χ3n) is 2.22. The van der Waals surface area contributed by atoms with Crippen LogP contribution in [0.15, 0.2) is 16.9 Å². The summed E-state index contributed by atoms with van der Waals surface area (Å²) in [6.07, 6.45) is 0. The molecule has 0 saturated heterocycles. The first-order valence-corrected chi connectivity index (χ1v) is 4.92. The van der Waals surface area contributed by atoms with Crippen LogP contribution in [0.25, 0.3) is 0 Å². The van der Waals surface area contributed by atoms with E-state index >= 15 is 0 Å². The summed E-state index contributed by atoms with van der Waals surface area (Å²) in [5.41, 5.74) is 1.93. The van der Waals surface area contributed by atoms with Gasteiger partial charge < -0.3 is 9.88 Å². The highest BCUT2D eigenvalue weighted by Crippen LogP contribution is 2.06. The average molecular weight is 194 g/mol. The van der Waals surface area contributed by atoms with Crippen molar-refractivity contribution in [2.24, 2.45) is 13.0 Å². The number of hydrogen-bond donors (Lipinski definition) is 1. The Morgan fingerprint density at radius 3 is 2.57 bits per heavy atom. The molecule has 0 fully saturated rings. The van der Waals surface area contributed by atoms with Crippen LogP contribution < -0.4 is 10.9 Å². The van der Waals surface area contributed by atoms with E-state index in [1.165, 1.54) is 0 Å². The lowest BCUT2D eigenvalue weighted by Crippen LogP contribution is -2.19. The molecule has 14 heavy (non-hydrogen) atoms. The first-order chi connectivity index (χ1) is 6.50. The van der Waals surface area contributed by atoms with E-state index in [0.29, 0.717) is 5.92 Å². The quantitative estimate of drug-likeness (QED) is 0.795. The van der Waals surface area contributed by atoms with Gasteiger partial charge in [0.2, 0.25) is 0 Å². The summed E-state index contributed by atoms with van der Waals surface area (Å²) in [7, 11) is 1.78. The van der Waals surface area contributed by atoms with Crippen LogP contribution in [-0.2, 0) is 7.05 Å². The van der Waals surface area contributed by atoms with E-state index in [9.17, 15) is 4.79 Å². The van der Waals surface area contributed by atoms with Gasteiger partial charge in [-0.1, -0.05) is 13.8 Å². The van der Waals surface area contributed by atoms with Crippen LogP contribution in [0.4, 0.5) is 5.69 Å². The number of anilines is 1. The molecule has 0 saturated carbocycles. The first kappa shape index (κ1) is 10.8. The smallest absolute Gasteiger partial charge is 0.252 e. The fraction of sp³-hybridized carbons (Fsp3) is 0.545. The molecule has 78 valence electrons. The van der Waals surface area contributed by atoms with Crippen molar-refractivity contribution in [2.75, 3.05) is 11.9 Å². The number of rotatable bonds is 3. The molecule has 1 aromatic rings. The molecule has 1 N–H and O–H groups in total. The van der Waals surface area contributed by atoms with E-state index < -0.39 is 0 Å². The standard InChI is InChI=1S/C11H18N2O/c1-8(2)7-12-10-5-9(3)13(4)11(14)6-10/h5-6,8,12H,7H2,1-4H3. The topological polar surface area (TPSA) is 34.0 Å². The van der Waals surface area contributed by atoms with Crippen LogP contribution in [0.3, 0.4) is 0 Å². The third-order valence-corrected chi connectivity index (χ3v) is 2.22. The average Bonchev–Trinajstić information content (AvgIpc) is 2.10. The van der Waals surface area contributed by atoms with Crippen molar-refractivity contribution in [2.45, 2.75) is 20.8 Å². The molecule has 1 aromatic heterocycles. The second kappa shape index (κ2) is 4.31. The lowest BCUT2D eigenvalue weighted by Gasteiger charge is -2.10. The summed E-state index contributed by atoms with van der Waals surface area (Å²) < 4.78 is 1.64. The van der Waals surface area contributed by atoms with Gasteiger partial charge in [0.15, 0.2) is 0 Å². The summed E-state index contributed by atoms with van der Waals surface area (Å²) in [4.78, 5) is 11.4. The molecule has 0 aromatic carbocycles. The lowest BCUT2D eigenvalue weighted by atomic mass is 10.2. The van der Waals surface area contributed by atoms with Gasteiger partial charge in [0.1, 0.15) is 0 Å². The van der Waals surface area contributed by atoms with Gasteiger partial charge in [0, 0.05) is 31.0 Å². The molecule has 0 aliphatic rings. The molecule has 0 bridgehead atoms. The Morgan fingerprint density at radius 1 is 1.43 bits per heavy atom. The Kier molecular flexibility index (Phi) is 3.33. The van der Waals surface area contributed by atoms with Crippen LogP contribution in [0.1, 0.15) is 19.5 Å². The van der Waals surface area contributed by atoms with Crippen molar-refractivity contribution in [1.29, 1.82) is 0 Å². The number of nitrogens with one attached hydrogen (secondary N) is 1. The Balaban J connectivity index is 2.85. The Labute approximate surface area is 84.8 Å². The predicted octanol–water partition coefficient (Wildman–Crippen LogP) is 1.76. The summed E-state index contributed by atoms with van der Waals surface area (Å²) in [6.45, 7) is 7.11. The van der Waals surface area contributed by atoms with Gasteiger partial charge in [0.25, 0.3) is 5.56 Å². The molecule has 0 unspecified atom stereocenters. The van der Waals surface area contributed by atoms with Crippen molar-refractivity contribution in [1.82, 2.24) is 4.57 Å². The van der Waals surface area contributed by atoms with Crippen molar-refractivity contribution in [3.8, 4) is 0 Å². The van der Waals surface area contributed by atoms with E-state index in [1.54, 1.807) is 17.7 Å². The van der Waals surface area contributed by atoms with Gasteiger partial charge in [-0.3, -0.25) is 4.79 Å². The van der Waals surface area contributed by atoms with Gasteiger partial charge in [-0.2, -0.15) is 0 Å². The molecule has 1 heterocycles. The summed E-state index contributed by atoms with van der Waals surface area (Å²) >= 11 is 0. The first-order valence-electron chi connectivity index (χ1n) is 4.92. The van der Waals surface area contributed by atoms with Gasteiger partial charge in [-0.15, -0.1) is 0 Å². The monoisotopic (exact) mass is 194 g/mol. The van der Waals surface area contributed by atoms with Crippen molar-refractivity contribution >= 4 is 5.69 Å². The highest BCUT2D eigenvalue weighted by atomic mass is 16.1. The maximum absolute atomic E-state index is 11.4. The minimum atomic E-state index is 0.0382. The molecule has 1 rings (SSSR count). The number of pyridine rings is 1. The summed E-state index contributed by atoms with van der Waals surface area (Å²) in [6, 6.07) is 3.62. The molecule has 3 nitrogen and oxygen atoms in total. The van der Waals surface area contributed by atoms with Gasteiger partial charge in [-0.05, 0) is 18.9 Å². The summed E-state index contributed by atoms with van der Waals surface area (Å²) in [5.74, 6) is 0.583. The zero-order valence-electron chi connectivity index (χ0n) is 9.29. The highest BCUT2D eigenvalue weighted by Gasteiger charge is 2.00. The van der Waals surface area contributed by atoms with Crippen LogP contribution >= 0.6 is 0 Å². The van der Waals surface area contributed by atoms with Crippen molar-refractivity contribution in [3.05, 3.63) is 28.2 Å². The zero-order chi connectivity index (χ0) is 10.7. The predicted molar refractivity (Wildman–Crippen MR) is 59.7 cm³/mol. The Bertz CT molecular complexity index is 366. The fourth-order valence-electron chi connectivity index (χ4n) is 1.19. The molecule has 0 radical (unpaired) electrons. The number of hydrogen-bond acceptors (Lipinski definition) is 2. The molecule has 0 aliphatic carbocycles. The molecule has 3 heteroatoms. The second-order valence-electron chi connectivity index (χ2n) is 4.06. The maximum Gasteiger partial charge on any atom is 0.252 e. The van der Waals surface area contributed by atoms with Crippen LogP contribution in [0, 0.1) is 12.8 Å². The Hall–Kier alpha value is -1.25. The van der Waals surface area contributed by atoms with Gasteiger partial charge in [0.05, 0.1) is 0 Å². The van der Waals surface area contributed by atoms with E-state index in [-0.39, 0.29) is 5.56 Å². The molecule has 0 aliphatic heterocycles. The molecular weight excluding hydrogens is 176 g/mol. The minimum Gasteiger partial charge on any atom is -0.385 e. The zero-order valence-corrected chi connectivity index (χ0v) is 9.29. The maximum atomic E-state index is 11.4.